The van der Waals surface area contributed by atoms with Crippen LogP contribution in [0, 0.1) is 0 Å². The molecule has 0 spiro atoms. The first kappa shape index (κ1) is 89.2. The van der Waals surface area contributed by atoms with E-state index in [2.05, 4.69) is 77.0 Å². The predicted molar refractivity (Wildman–Crippen MR) is 336 cm³/mol. The van der Waals surface area contributed by atoms with Crippen LogP contribution >= 0.6 is 0 Å². The third kappa shape index (κ3) is 67.6. The number of hydrogen-bond donors (Lipinski definition) is 3. The average molecular weight is 1190 g/mol. The molecule has 0 saturated heterocycles. The molecule has 83 heavy (non-hydrogen) atoms. The molecule has 486 valence electrons. The molecule has 0 saturated carbocycles. The van der Waals surface area contributed by atoms with Gasteiger partial charge in [-0.15, -0.1) is 0 Å². The van der Waals surface area contributed by atoms with Gasteiger partial charge in [0.25, 0.3) is 0 Å². The van der Waals surface area contributed by atoms with Crippen molar-refractivity contribution in [2.24, 2.45) is 0 Å². The molecule has 0 bridgehead atoms. The van der Waals surface area contributed by atoms with Crippen molar-refractivity contribution in [2.75, 3.05) is 140 Å². The number of carbonyl (C=O) groups excluding carboxylic acids is 6. The van der Waals surface area contributed by atoms with Crippen molar-refractivity contribution in [3.8, 4) is 0 Å². The maximum absolute atomic E-state index is 11.4. The molecule has 0 aromatic rings. The summed E-state index contributed by atoms with van der Waals surface area (Å²) in [5, 5.41) is 28.7. The zero-order valence-electron chi connectivity index (χ0n) is 53.4. The molecule has 0 fully saturated rings. The van der Waals surface area contributed by atoms with Crippen LogP contribution in [0.4, 0.5) is 0 Å². The molecule has 0 aliphatic heterocycles. The van der Waals surface area contributed by atoms with Gasteiger partial charge in [-0.25, -0.2) is 28.8 Å². The number of aliphatic hydroxyl groups excluding tert-OH is 3. The molecule has 20 nitrogen and oxygen atoms in total. The fourth-order valence-corrected chi connectivity index (χ4v) is 6.33. The summed E-state index contributed by atoms with van der Waals surface area (Å²) >= 11 is 0. The standard InChI is InChI=1S/C19H37NO3.C14H27NO2.C11H17NO4.2C9H17NO3.CH4/c1-5-7-9-11-13-20(14-12-10-8-6-2)15-18(21)16-23-19(22)17(3)4;1-5-7-9-15(10-8-6-2)11-12-17-14(16)13(3)4;1-4-10(13)15-8-6-12(3)7-9-16-11(14)5-2;2*1-7(2)9(12)13-6-8(11)5-10(3)4;/h18,21H,3,5-16H2,1-2,4H3;3,5-12H2,1-2,4H3;4-5H,1-2,6-9H2,3H3;2*8,11H,1,5-6H2,2-4H3;1H4. The van der Waals surface area contributed by atoms with E-state index in [9.17, 15) is 44.1 Å². The molecule has 0 rings (SSSR count). The van der Waals surface area contributed by atoms with E-state index >= 15 is 0 Å². The molecule has 0 heterocycles. The van der Waals surface area contributed by atoms with Crippen LogP contribution in [0.15, 0.2) is 73.9 Å². The zero-order chi connectivity index (χ0) is 63.8. The number of aliphatic hydroxyl groups is 3. The van der Waals surface area contributed by atoms with Crippen LogP contribution in [0.5, 0.6) is 0 Å². The van der Waals surface area contributed by atoms with Gasteiger partial charge >= 0.3 is 35.8 Å². The Kier molecular flexibility index (Phi) is 66.1. The fourth-order valence-electron chi connectivity index (χ4n) is 6.33. The van der Waals surface area contributed by atoms with Gasteiger partial charge in [-0.05, 0) is 115 Å². The van der Waals surface area contributed by atoms with E-state index in [4.69, 9.17) is 28.4 Å². The Morgan fingerprint density at radius 2 is 0.687 bits per heavy atom. The van der Waals surface area contributed by atoms with Crippen LogP contribution in [0.2, 0.25) is 0 Å². The van der Waals surface area contributed by atoms with Crippen LogP contribution in [0.25, 0.3) is 0 Å². The summed E-state index contributed by atoms with van der Waals surface area (Å²) in [6.07, 6.45) is 14.9. The minimum absolute atomic E-state index is 0. The highest BCUT2D eigenvalue weighted by Crippen LogP contribution is 2.08. The lowest BCUT2D eigenvalue weighted by atomic mass is 10.1. The lowest BCUT2D eigenvalue weighted by molar-refractivity contribution is -0.142. The number of ether oxygens (including phenoxy) is 6. The lowest BCUT2D eigenvalue weighted by Gasteiger charge is -2.25. The van der Waals surface area contributed by atoms with Gasteiger partial charge in [0.05, 0.1) is 0 Å². The number of carbonyl (C=O) groups is 6. The normalized spacial score (nSPS) is 11.4. The first-order valence-electron chi connectivity index (χ1n) is 28.9. The third-order valence-electron chi connectivity index (χ3n) is 11.0. The first-order valence-corrected chi connectivity index (χ1v) is 28.9. The maximum atomic E-state index is 11.4. The van der Waals surface area contributed by atoms with Gasteiger partial charge < -0.3 is 58.4 Å². The van der Waals surface area contributed by atoms with Crippen LogP contribution in [-0.4, -0.2) is 234 Å². The Morgan fingerprint density at radius 1 is 0.398 bits per heavy atom. The number of hydrogen-bond acceptors (Lipinski definition) is 20. The van der Waals surface area contributed by atoms with Crippen molar-refractivity contribution in [1.29, 1.82) is 0 Å². The van der Waals surface area contributed by atoms with Gasteiger partial charge in [-0.3, -0.25) is 9.80 Å². The Hall–Kier alpha value is -5.06. The Bertz CT molecular complexity index is 1670. The molecule has 20 heteroatoms. The van der Waals surface area contributed by atoms with Gasteiger partial charge in [-0.2, -0.15) is 0 Å². The van der Waals surface area contributed by atoms with E-state index in [0.717, 1.165) is 44.9 Å². The summed E-state index contributed by atoms with van der Waals surface area (Å²) in [6, 6.07) is 0. The predicted octanol–water partition coefficient (Wildman–Crippen LogP) is 8.01. The third-order valence-corrected chi connectivity index (χ3v) is 11.0. The molecule has 3 N–H and O–H groups in total. The summed E-state index contributed by atoms with van der Waals surface area (Å²) in [4.78, 5) is 76.0. The molecule has 0 aromatic carbocycles. The average Bonchev–Trinajstić information content (AvgIpc) is 3.41. The van der Waals surface area contributed by atoms with Crippen LogP contribution < -0.4 is 0 Å². The van der Waals surface area contributed by atoms with Gasteiger partial charge in [-0.1, -0.05) is 126 Å². The summed E-state index contributed by atoms with van der Waals surface area (Å²) in [7, 11) is 9.19. The van der Waals surface area contributed by atoms with E-state index in [-0.39, 0.29) is 46.4 Å². The maximum Gasteiger partial charge on any atom is 0.333 e. The molecule has 3 atom stereocenters. The summed E-state index contributed by atoms with van der Waals surface area (Å²) < 4.78 is 29.2. The number of esters is 6. The highest BCUT2D eigenvalue weighted by Gasteiger charge is 2.15. The minimum Gasteiger partial charge on any atom is -0.461 e. The number of rotatable bonds is 43. The minimum atomic E-state index is -0.640. The number of likely N-dealkylation sites (N-methyl/N-ethyl adjacent to an activating group) is 3. The Balaban J connectivity index is -0.000000226. The Labute approximate surface area is 503 Å². The fraction of sp³-hybridized carbons (Fsp3) is 0.714. The molecule has 0 aliphatic rings. The molecular weight excluding hydrogens is 1070 g/mol. The molecule has 0 amide bonds. The van der Waals surface area contributed by atoms with Crippen LogP contribution in [-0.2, 0) is 57.2 Å². The zero-order valence-corrected chi connectivity index (χ0v) is 53.4. The van der Waals surface area contributed by atoms with Crippen molar-refractivity contribution >= 4 is 35.8 Å². The molecule has 0 radical (unpaired) electrons. The summed E-state index contributed by atoms with van der Waals surface area (Å²) in [5.74, 6) is -2.51. The second kappa shape index (κ2) is 61.5. The van der Waals surface area contributed by atoms with Crippen molar-refractivity contribution in [1.82, 2.24) is 24.5 Å². The van der Waals surface area contributed by atoms with Crippen LogP contribution in [0.3, 0.4) is 0 Å². The molecule has 0 aromatic heterocycles. The van der Waals surface area contributed by atoms with E-state index < -0.39 is 48.2 Å². The van der Waals surface area contributed by atoms with E-state index in [0.29, 0.717) is 61.6 Å². The topological polar surface area (TPSA) is 235 Å². The van der Waals surface area contributed by atoms with Crippen molar-refractivity contribution < 1.29 is 72.5 Å². The first-order chi connectivity index (χ1) is 38.6. The number of nitrogens with zero attached hydrogens (tertiary/aromatic N) is 5. The smallest absolute Gasteiger partial charge is 0.333 e. The number of unbranched alkanes of at least 4 members (excludes halogenated alkanes) is 8. The summed E-state index contributed by atoms with van der Waals surface area (Å²) in [5.41, 5.74) is 1.53. The van der Waals surface area contributed by atoms with Crippen molar-refractivity contribution in [2.45, 2.75) is 158 Å². The van der Waals surface area contributed by atoms with E-state index in [1.807, 2.05) is 49.9 Å². The quantitative estimate of drug-likeness (QED) is 0.0227. The molecule has 3 unspecified atom stereocenters. The van der Waals surface area contributed by atoms with E-state index in [1.54, 1.807) is 27.7 Å². The van der Waals surface area contributed by atoms with Crippen LogP contribution in [0.1, 0.15) is 140 Å². The lowest BCUT2D eigenvalue weighted by Crippen LogP contribution is -2.36. The monoisotopic (exact) mass is 1190 g/mol. The largest absolute Gasteiger partial charge is 0.461 e. The van der Waals surface area contributed by atoms with Gasteiger partial charge in [0.2, 0.25) is 0 Å². The second-order valence-electron chi connectivity index (χ2n) is 20.6. The molecule has 0 aliphatic carbocycles. The molecular formula is C63H119N5O15. The van der Waals surface area contributed by atoms with E-state index in [1.165, 1.54) is 77.0 Å². The SMILES string of the molecule is C.C=C(C)C(=O)OCC(O)CN(C)C.C=C(C)C(=O)OCC(O)CN(C)C.C=C(C)C(=O)OCC(O)CN(CCCCCC)CCCCCC.C=C(C)C(=O)OCCN(CCCC)CCCC.C=CC(=O)OCCN(C)CCOC(=O)C=C. The highest BCUT2D eigenvalue weighted by molar-refractivity contribution is 5.88. The summed E-state index contributed by atoms with van der Waals surface area (Å²) in [6.45, 7) is 44.6. The Morgan fingerprint density at radius 3 is 0.976 bits per heavy atom. The highest BCUT2D eigenvalue weighted by atomic mass is 16.6. The second-order valence-corrected chi connectivity index (χ2v) is 20.6. The van der Waals surface area contributed by atoms with Crippen molar-refractivity contribution in [3.63, 3.8) is 0 Å². The van der Waals surface area contributed by atoms with Gasteiger partial charge in [0, 0.05) is 73.7 Å². The van der Waals surface area contributed by atoms with Gasteiger partial charge in [0.15, 0.2) is 0 Å². The van der Waals surface area contributed by atoms with Crippen molar-refractivity contribution in [3.05, 3.63) is 73.9 Å². The van der Waals surface area contributed by atoms with Gasteiger partial charge in [0.1, 0.15) is 58.0 Å².